The molecule has 14 nitrogen and oxygen atoms in total. The molecule has 0 saturated carbocycles. The van der Waals surface area contributed by atoms with Crippen LogP contribution in [0.3, 0.4) is 0 Å². The molecule has 23 atom stereocenters. The Hall–Kier alpha value is -0.0100. The zero-order chi connectivity index (χ0) is 43.1. The van der Waals surface area contributed by atoms with Gasteiger partial charge in [-0.05, 0) is 40.0 Å². The number of carboxylic acid groups (broad SMARTS) is 1. The molecule has 3 unspecified atom stereocenters. The van der Waals surface area contributed by atoms with Crippen molar-refractivity contribution in [1.29, 1.82) is 0 Å². The van der Waals surface area contributed by atoms with E-state index in [1.54, 1.807) is 42.3 Å². The number of carbonyl (C=O) groups is 1. The Morgan fingerprint density at radius 3 is 1.86 bits per heavy atom. The maximum absolute atomic E-state index is 12.1. The number of ether oxygens (including phenoxy) is 10. The largest absolute Gasteiger partial charge is 1.00 e. The number of rotatable bonds is 11. The second-order valence-corrected chi connectivity index (χ2v) is 19.9. The van der Waals surface area contributed by atoms with Crippen molar-refractivity contribution in [2.24, 2.45) is 47.3 Å². The summed E-state index contributed by atoms with van der Waals surface area (Å²) in [4.78, 5) is 12.1. The Balaban J connectivity index is 0.00000661. The van der Waals surface area contributed by atoms with Crippen molar-refractivity contribution in [3.63, 3.8) is 0 Å². The van der Waals surface area contributed by atoms with Gasteiger partial charge in [-0.2, -0.15) is 0 Å². The van der Waals surface area contributed by atoms with Crippen LogP contribution in [0.15, 0.2) is 0 Å². The van der Waals surface area contributed by atoms with E-state index >= 15 is 0 Å². The van der Waals surface area contributed by atoms with E-state index in [0.29, 0.717) is 19.3 Å². The van der Waals surface area contributed by atoms with Gasteiger partial charge >= 0.3 is 29.6 Å². The fraction of sp³-hybridized carbons (Fsp3) is 0.977. The van der Waals surface area contributed by atoms with E-state index in [1.165, 1.54) is 6.92 Å². The third kappa shape index (κ3) is 8.53. The Labute approximate surface area is 374 Å². The van der Waals surface area contributed by atoms with E-state index in [2.05, 4.69) is 34.6 Å². The number of hydrogen-bond acceptors (Lipinski definition) is 14. The second kappa shape index (κ2) is 18.1. The van der Waals surface area contributed by atoms with Gasteiger partial charge in [-0.15, -0.1) is 0 Å². The third-order valence-corrected chi connectivity index (χ3v) is 16.3. The smallest absolute Gasteiger partial charge is 0.550 e. The molecule has 0 amide bonds. The topological polar surface area (TPSA) is 173 Å². The van der Waals surface area contributed by atoms with Gasteiger partial charge in [0.2, 0.25) is 0 Å². The predicted octanol–water partition coefficient (Wildman–Crippen LogP) is 0.843. The molecule has 15 heteroatoms. The van der Waals surface area contributed by atoms with Gasteiger partial charge in [0.1, 0.15) is 6.10 Å². The minimum absolute atomic E-state index is 0. The zero-order valence-electron chi connectivity index (χ0n) is 38.7. The number of methoxy groups -OCH3 is 4. The Kier molecular flexibility index (Phi) is 15.3. The van der Waals surface area contributed by atoms with Gasteiger partial charge < -0.3 is 67.5 Å². The summed E-state index contributed by atoms with van der Waals surface area (Å²) in [5, 5.41) is 35.2. The quantitative estimate of drug-likeness (QED) is 0.280. The van der Waals surface area contributed by atoms with Crippen molar-refractivity contribution in [3.05, 3.63) is 0 Å². The molecular weight excluding hydrogens is 775 g/mol. The van der Waals surface area contributed by atoms with Gasteiger partial charge in [-0.3, -0.25) is 0 Å². The van der Waals surface area contributed by atoms with E-state index in [0.717, 1.165) is 12.8 Å². The van der Waals surface area contributed by atoms with E-state index < -0.39 is 76.9 Å². The average molecular weight is 851 g/mol. The number of hydrogen-bond donors (Lipinski definition) is 2. The summed E-state index contributed by atoms with van der Waals surface area (Å²) in [7, 11) is 6.67. The fourth-order valence-electron chi connectivity index (χ4n) is 12.5. The Bertz CT molecular complexity index is 1460. The summed E-state index contributed by atoms with van der Waals surface area (Å²) in [5.41, 5.74) is -1.33. The predicted molar refractivity (Wildman–Crippen MR) is 209 cm³/mol. The molecule has 2 N–H and O–H groups in total. The first-order chi connectivity index (χ1) is 27.0. The maximum Gasteiger partial charge on any atom is 1.00 e. The van der Waals surface area contributed by atoms with Crippen LogP contribution >= 0.6 is 0 Å². The van der Waals surface area contributed by atoms with Crippen LogP contribution in [0.25, 0.3) is 0 Å². The number of carboxylic acids is 1. The van der Waals surface area contributed by atoms with Crippen molar-refractivity contribution >= 4 is 5.97 Å². The second-order valence-electron chi connectivity index (χ2n) is 19.9. The summed E-state index contributed by atoms with van der Waals surface area (Å²) in [6, 6.07) is 0. The number of aliphatic carboxylic acids is 1. The van der Waals surface area contributed by atoms with Crippen molar-refractivity contribution in [2.45, 2.75) is 198 Å². The van der Waals surface area contributed by atoms with E-state index in [-0.39, 0.29) is 95.6 Å². The molecule has 0 aromatic carbocycles. The van der Waals surface area contributed by atoms with Gasteiger partial charge in [0.25, 0.3) is 0 Å². The summed E-state index contributed by atoms with van der Waals surface area (Å²) < 4.78 is 65.3. The van der Waals surface area contributed by atoms with Crippen molar-refractivity contribution in [1.82, 2.24) is 0 Å². The Morgan fingerprint density at radius 1 is 0.695 bits per heavy atom. The molecule has 6 fully saturated rings. The summed E-state index contributed by atoms with van der Waals surface area (Å²) in [6.07, 6.45) is -0.310. The van der Waals surface area contributed by atoms with Gasteiger partial charge in [-0.1, -0.05) is 55.4 Å². The molecule has 0 radical (unpaired) electrons. The van der Waals surface area contributed by atoms with Gasteiger partial charge in [-0.25, -0.2) is 0 Å². The fourth-order valence-corrected chi connectivity index (χ4v) is 12.5. The first-order valence-electron chi connectivity index (χ1n) is 21.8. The van der Waals surface area contributed by atoms with Crippen LogP contribution in [0.5, 0.6) is 0 Å². The minimum Gasteiger partial charge on any atom is -0.550 e. The van der Waals surface area contributed by atoms with Crippen LogP contribution in [-0.4, -0.2) is 134 Å². The first-order valence-corrected chi connectivity index (χ1v) is 21.8. The van der Waals surface area contributed by atoms with Gasteiger partial charge in [0.15, 0.2) is 17.4 Å². The molecule has 6 heterocycles. The number of carbonyl (C=O) groups excluding carboxylic acids is 1. The molecule has 6 rings (SSSR count). The van der Waals surface area contributed by atoms with Crippen LogP contribution in [0, 0.1) is 47.3 Å². The van der Waals surface area contributed by atoms with Crippen molar-refractivity contribution in [2.75, 3.05) is 28.4 Å². The molecular formula is C44H75NaO14. The summed E-state index contributed by atoms with van der Waals surface area (Å²) in [5.74, 6) is -8.58. The van der Waals surface area contributed by atoms with Crippen molar-refractivity contribution < 1.29 is 97.0 Å². The SMILES string of the molecule is CO[C@@H]1[C@@H](C)[C@](O)([C@H](C)C(=O)[O-])OC([C@H](C)[C@H]2O[C@@]3(CC[C@@](C)(C4CC[C@@](C)([C@@H]5OC([C@H]6O[C@](C)(O)[C@H](C)[C@@H](OC)[C@@H]6C)[C@H](OC)[C@@H]5C)O4)O3)C[C@H](OC)[C@H]2C)[C@@H]1C.[Na+]. The molecule has 6 saturated heterocycles. The monoisotopic (exact) mass is 851 g/mol. The standard InChI is InChI=1S/C44H76O14.Na/c1-21-29(49-12)20-43(56-31(21)22(2)32-23(3)34(51-14)27(7)44(48,57-32)28(8)39(45)46)19-18-40(9,58-43)30-16-17-41(10,54-30)38-25(5)35(52-15)37(53-38)36-24(4)33(50-13)26(6)42(11,47)55-36;/h21-38,47-48H,16-20H2,1-15H3,(H,45,46);/q;+1/p-1/t21-,22-,23+,24+,25+,26-,27-,28-,29+,30?,31+,32?,33+,34+,35-,36+,37?,38-,40+,41+,42+,43-,44-;/m1./s1. The van der Waals surface area contributed by atoms with E-state index in [4.69, 9.17) is 47.4 Å². The van der Waals surface area contributed by atoms with Crippen LogP contribution in [-0.2, 0) is 52.2 Å². The summed E-state index contributed by atoms with van der Waals surface area (Å²) in [6.45, 7) is 21.4. The van der Waals surface area contributed by atoms with Gasteiger partial charge in [0, 0.05) is 88.7 Å². The third-order valence-electron chi connectivity index (χ3n) is 16.3. The van der Waals surface area contributed by atoms with Crippen LogP contribution in [0.2, 0.25) is 0 Å². The van der Waals surface area contributed by atoms with E-state index in [9.17, 15) is 20.1 Å². The zero-order valence-corrected chi connectivity index (χ0v) is 40.7. The molecule has 0 bridgehead atoms. The summed E-state index contributed by atoms with van der Waals surface area (Å²) >= 11 is 0. The van der Waals surface area contributed by atoms with Crippen molar-refractivity contribution in [3.8, 4) is 0 Å². The van der Waals surface area contributed by atoms with Crippen LogP contribution in [0.1, 0.15) is 108 Å². The molecule has 0 aromatic rings. The molecule has 0 aliphatic carbocycles. The normalized spacial score (nSPS) is 53.9. The molecule has 6 aliphatic rings. The molecule has 6 aliphatic heterocycles. The van der Waals surface area contributed by atoms with Gasteiger partial charge in [0.05, 0.1) is 72.1 Å². The first kappa shape index (κ1) is 50.0. The average Bonchev–Trinajstić information content (AvgIpc) is 3.85. The van der Waals surface area contributed by atoms with Crippen LogP contribution < -0.4 is 34.7 Å². The molecule has 59 heavy (non-hydrogen) atoms. The molecule has 1 spiro atoms. The van der Waals surface area contributed by atoms with E-state index in [1.807, 2.05) is 20.8 Å². The minimum atomic E-state index is -2.01. The molecule has 0 aromatic heterocycles. The Morgan fingerprint density at radius 2 is 1.29 bits per heavy atom. The van der Waals surface area contributed by atoms with Crippen LogP contribution in [0.4, 0.5) is 0 Å². The maximum atomic E-state index is 12.1. The molecule has 336 valence electrons. The number of aliphatic hydroxyl groups is 2.